The fourth-order valence-electron chi connectivity index (χ4n) is 1.71. The Morgan fingerprint density at radius 2 is 2.21 bits per heavy atom. The summed E-state index contributed by atoms with van der Waals surface area (Å²) in [5, 5.41) is 8.96. The van der Waals surface area contributed by atoms with Crippen molar-refractivity contribution in [2.24, 2.45) is 5.73 Å². The molecule has 0 spiro atoms. The molecule has 0 saturated carbocycles. The Balaban J connectivity index is 2.29. The van der Waals surface area contributed by atoms with Crippen LogP contribution >= 0.6 is 11.3 Å². The topological polar surface area (TPSA) is 59.0 Å². The van der Waals surface area contributed by atoms with E-state index < -0.39 is 5.82 Å². The van der Waals surface area contributed by atoms with Crippen molar-refractivity contribution in [1.29, 1.82) is 5.26 Å². The number of thiophene rings is 1. The summed E-state index contributed by atoms with van der Waals surface area (Å²) in [5.74, 6) is -0.359. The van der Waals surface area contributed by atoms with Crippen LogP contribution in [0, 0.1) is 24.1 Å². The molecule has 2 aromatic rings. The van der Waals surface area contributed by atoms with Crippen molar-refractivity contribution in [3.05, 3.63) is 51.5 Å². The van der Waals surface area contributed by atoms with Gasteiger partial charge in [0.05, 0.1) is 0 Å². The zero-order valence-corrected chi connectivity index (χ0v) is 11.2. The normalized spacial score (nSPS) is 11.9. The minimum atomic E-state index is -0.585. The first-order chi connectivity index (χ1) is 9.15. The highest BCUT2D eigenvalue weighted by Crippen LogP contribution is 2.29. The van der Waals surface area contributed by atoms with Crippen molar-refractivity contribution < 1.29 is 9.13 Å². The first-order valence-electron chi connectivity index (χ1n) is 5.77. The largest absolute Gasteiger partial charge is 0.482 e. The number of hydrogen-bond donors (Lipinski definition) is 1. The second-order valence-electron chi connectivity index (χ2n) is 4.02. The van der Waals surface area contributed by atoms with Gasteiger partial charge in [-0.15, -0.1) is 11.3 Å². The van der Waals surface area contributed by atoms with Crippen LogP contribution < -0.4 is 10.5 Å². The van der Waals surface area contributed by atoms with Crippen molar-refractivity contribution >= 4 is 11.3 Å². The maximum absolute atomic E-state index is 13.5. The molecule has 0 amide bonds. The Hall–Kier alpha value is -1.90. The van der Waals surface area contributed by atoms with Crippen molar-refractivity contribution in [3.8, 4) is 11.8 Å². The minimum absolute atomic E-state index is 0.0887. The number of aryl methyl sites for hydroxylation is 1. The smallest absolute Gasteiger partial charge is 0.145 e. The molecule has 0 saturated heterocycles. The van der Waals surface area contributed by atoms with E-state index in [0.29, 0.717) is 0 Å². The van der Waals surface area contributed by atoms with Crippen LogP contribution in [0.3, 0.4) is 0 Å². The maximum atomic E-state index is 13.5. The highest BCUT2D eigenvalue weighted by molar-refractivity contribution is 7.12. The van der Waals surface area contributed by atoms with Gasteiger partial charge < -0.3 is 10.5 Å². The van der Waals surface area contributed by atoms with Gasteiger partial charge >= 0.3 is 0 Å². The van der Waals surface area contributed by atoms with Gasteiger partial charge in [-0.25, -0.2) is 4.39 Å². The van der Waals surface area contributed by atoms with E-state index in [-0.39, 0.29) is 24.0 Å². The van der Waals surface area contributed by atoms with E-state index >= 15 is 0 Å². The van der Waals surface area contributed by atoms with Gasteiger partial charge in [-0.1, -0.05) is 6.07 Å². The summed E-state index contributed by atoms with van der Waals surface area (Å²) in [5.41, 5.74) is 5.61. The summed E-state index contributed by atoms with van der Waals surface area (Å²) < 4.78 is 19.2. The second kappa shape index (κ2) is 5.83. The predicted octanol–water partition coefficient (Wildman–Crippen LogP) is 3.15. The quantitative estimate of drug-likeness (QED) is 0.933. The second-order valence-corrected chi connectivity index (χ2v) is 5.33. The molecule has 3 nitrogen and oxygen atoms in total. The lowest BCUT2D eigenvalue weighted by Crippen LogP contribution is -2.18. The van der Waals surface area contributed by atoms with Crippen molar-refractivity contribution in [2.45, 2.75) is 13.0 Å². The molecule has 1 aromatic heterocycles. The number of nitrogens with two attached hydrogens (primary N) is 1. The van der Waals surface area contributed by atoms with Crippen LogP contribution in [0.5, 0.6) is 5.75 Å². The summed E-state index contributed by atoms with van der Waals surface area (Å²) in [7, 11) is 0. The summed E-state index contributed by atoms with van der Waals surface area (Å²) in [4.78, 5) is 2.12. The third-order valence-corrected chi connectivity index (χ3v) is 3.74. The number of hydrogen-bond acceptors (Lipinski definition) is 4. The molecule has 1 aromatic carbocycles. The van der Waals surface area contributed by atoms with E-state index in [0.717, 1.165) is 9.75 Å². The first-order valence-corrected chi connectivity index (χ1v) is 6.59. The lowest BCUT2D eigenvalue weighted by Gasteiger charge is -2.17. The molecule has 0 bridgehead atoms. The summed E-state index contributed by atoms with van der Waals surface area (Å²) in [6, 6.07) is 10.0. The molecule has 0 aliphatic carbocycles. The summed E-state index contributed by atoms with van der Waals surface area (Å²) in [6.45, 7) is 2.26. The Kier molecular flexibility index (Phi) is 4.15. The van der Waals surface area contributed by atoms with Gasteiger partial charge in [-0.2, -0.15) is 5.26 Å². The van der Waals surface area contributed by atoms with Gasteiger partial charge in [0, 0.05) is 16.3 Å². The molecule has 0 aliphatic heterocycles. The molecule has 19 heavy (non-hydrogen) atoms. The predicted molar refractivity (Wildman–Crippen MR) is 72.6 cm³/mol. The van der Waals surface area contributed by atoms with Gasteiger partial charge in [0.2, 0.25) is 0 Å². The van der Waals surface area contributed by atoms with Gasteiger partial charge in [-0.05, 0) is 31.2 Å². The fraction of sp³-hybridized carbons (Fsp3) is 0.214. The van der Waals surface area contributed by atoms with Crippen LogP contribution in [0.4, 0.5) is 4.39 Å². The zero-order valence-electron chi connectivity index (χ0n) is 10.4. The number of nitriles is 1. The monoisotopic (exact) mass is 276 g/mol. The summed E-state index contributed by atoms with van der Waals surface area (Å²) in [6.07, 6.45) is -0.368. The molecule has 5 heteroatoms. The van der Waals surface area contributed by atoms with Crippen LogP contribution in [-0.2, 0) is 0 Å². The zero-order chi connectivity index (χ0) is 13.8. The van der Waals surface area contributed by atoms with Gasteiger partial charge in [0.25, 0.3) is 0 Å². The van der Waals surface area contributed by atoms with Crippen LogP contribution in [-0.4, -0.2) is 6.54 Å². The number of benzene rings is 1. The Labute approximate surface area is 115 Å². The molecule has 2 rings (SSSR count). The number of nitrogens with zero attached hydrogens (tertiary/aromatic N) is 1. The first kappa shape index (κ1) is 13.5. The molecule has 98 valence electrons. The molecule has 2 N–H and O–H groups in total. The van der Waals surface area contributed by atoms with E-state index in [9.17, 15) is 4.39 Å². The average molecular weight is 276 g/mol. The van der Waals surface area contributed by atoms with Crippen molar-refractivity contribution in [3.63, 3.8) is 0 Å². The number of ether oxygens (including phenoxy) is 1. The van der Waals surface area contributed by atoms with E-state index in [1.54, 1.807) is 17.4 Å². The molecule has 0 aliphatic rings. The van der Waals surface area contributed by atoms with Crippen LogP contribution in [0.1, 0.15) is 21.4 Å². The molecule has 1 atom stereocenters. The maximum Gasteiger partial charge on any atom is 0.145 e. The van der Waals surface area contributed by atoms with Crippen molar-refractivity contribution in [2.75, 3.05) is 6.54 Å². The van der Waals surface area contributed by atoms with E-state index in [2.05, 4.69) is 0 Å². The Morgan fingerprint density at radius 1 is 1.42 bits per heavy atom. The fourth-order valence-corrected chi connectivity index (χ4v) is 2.63. The SMILES string of the molecule is Cc1ccc(C(CN)Oc2cccc(F)c2C#N)s1. The van der Waals surface area contributed by atoms with E-state index in [1.165, 1.54) is 12.1 Å². The third kappa shape index (κ3) is 2.92. The molecular weight excluding hydrogens is 263 g/mol. The third-order valence-electron chi connectivity index (χ3n) is 2.65. The van der Waals surface area contributed by atoms with Crippen molar-refractivity contribution in [1.82, 2.24) is 0 Å². The molecule has 0 radical (unpaired) electrons. The highest BCUT2D eigenvalue weighted by atomic mass is 32.1. The Bertz CT molecular complexity index is 618. The highest BCUT2D eigenvalue weighted by Gasteiger charge is 2.17. The lowest BCUT2D eigenvalue weighted by molar-refractivity contribution is 0.216. The average Bonchev–Trinajstić information content (AvgIpc) is 2.82. The van der Waals surface area contributed by atoms with Crippen LogP contribution in [0.15, 0.2) is 30.3 Å². The number of halogens is 1. The van der Waals surface area contributed by atoms with Gasteiger partial charge in [-0.3, -0.25) is 0 Å². The summed E-state index contributed by atoms with van der Waals surface area (Å²) >= 11 is 1.58. The van der Waals surface area contributed by atoms with E-state index in [1.807, 2.05) is 25.1 Å². The lowest BCUT2D eigenvalue weighted by atomic mass is 10.2. The molecule has 0 fully saturated rings. The molecule has 1 heterocycles. The van der Waals surface area contributed by atoms with Crippen LogP contribution in [0.2, 0.25) is 0 Å². The Morgan fingerprint density at radius 3 is 2.79 bits per heavy atom. The number of rotatable bonds is 4. The minimum Gasteiger partial charge on any atom is -0.482 e. The van der Waals surface area contributed by atoms with Gasteiger partial charge in [0.15, 0.2) is 0 Å². The van der Waals surface area contributed by atoms with E-state index in [4.69, 9.17) is 15.7 Å². The standard InChI is InChI=1S/C14H13FN2OS/c1-9-5-6-14(19-9)13(8-17)18-12-4-2-3-11(15)10(12)7-16/h2-6,13H,8,17H2,1H3. The molecule has 1 unspecified atom stereocenters. The van der Waals surface area contributed by atoms with Crippen LogP contribution in [0.25, 0.3) is 0 Å². The van der Waals surface area contributed by atoms with Gasteiger partial charge in [0.1, 0.15) is 29.3 Å². The molecular formula is C14H13FN2OS.